The molecular weight excluding hydrogens is 308 g/mol. The fourth-order valence-electron chi connectivity index (χ4n) is 1.99. The molecule has 0 aliphatic rings. The Labute approximate surface area is 129 Å². The summed E-state index contributed by atoms with van der Waals surface area (Å²) in [7, 11) is 0. The lowest BCUT2D eigenvalue weighted by molar-refractivity contribution is 0.0687. The highest BCUT2D eigenvalue weighted by Gasteiger charge is 2.18. The van der Waals surface area contributed by atoms with Crippen LogP contribution in [0.15, 0.2) is 42.7 Å². The predicted molar refractivity (Wildman–Crippen MR) is 79.7 cm³/mol. The van der Waals surface area contributed by atoms with Crippen LogP contribution in [0.2, 0.25) is 5.15 Å². The number of hydrogen-bond acceptors (Lipinski definition) is 5. The summed E-state index contributed by atoms with van der Waals surface area (Å²) in [5, 5.41) is 19.8. The highest BCUT2D eigenvalue weighted by molar-refractivity contribution is 6.34. The zero-order chi connectivity index (χ0) is 15.7. The van der Waals surface area contributed by atoms with E-state index in [1.165, 1.54) is 12.3 Å². The van der Waals surface area contributed by atoms with E-state index >= 15 is 0 Å². The number of aromatic hydroxyl groups is 1. The maximum Gasteiger partial charge on any atom is 0.358 e. The molecule has 7 heteroatoms. The van der Waals surface area contributed by atoms with Gasteiger partial charge in [-0.3, -0.25) is 4.98 Å². The second-order valence-corrected chi connectivity index (χ2v) is 4.76. The van der Waals surface area contributed by atoms with Crippen LogP contribution in [0, 0.1) is 0 Å². The molecule has 3 rings (SSSR count). The molecule has 0 unspecified atom stereocenters. The average molecular weight is 317 g/mol. The first-order valence-electron chi connectivity index (χ1n) is 6.19. The van der Waals surface area contributed by atoms with Crippen molar-refractivity contribution in [1.29, 1.82) is 0 Å². The third-order valence-corrected chi connectivity index (χ3v) is 3.26. The Morgan fingerprint density at radius 3 is 2.68 bits per heavy atom. The molecule has 0 amide bonds. The van der Waals surface area contributed by atoms with Gasteiger partial charge in [-0.05, 0) is 30.3 Å². The minimum atomic E-state index is -1.36. The highest BCUT2D eigenvalue weighted by Crippen LogP contribution is 2.35. The van der Waals surface area contributed by atoms with Gasteiger partial charge in [-0.25, -0.2) is 9.78 Å². The van der Waals surface area contributed by atoms with Crippen LogP contribution in [0.4, 0.5) is 0 Å². The normalized spacial score (nSPS) is 10.6. The van der Waals surface area contributed by atoms with Gasteiger partial charge in [0.2, 0.25) is 0 Å². The van der Waals surface area contributed by atoms with Crippen molar-refractivity contribution in [3.05, 3.63) is 53.6 Å². The van der Waals surface area contributed by atoms with Crippen molar-refractivity contribution in [3.8, 4) is 17.2 Å². The van der Waals surface area contributed by atoms with Gasteiger partial charge in [-0.1, -0.05) is 11.6 Å². The van der Waals surface area contributed by atoms with Crippen molar-refractivity contribution in [1.82, 2.24) is 9.97 Å². The summed E-state index contributed by atoms with van der Waals surface area (Å²) in [6, 6.07) is 8.18. The van der Waals surface area contributed by atoms with Crippen LogP contribution in [0.5, 0.6) is 17.2 Å². The molecule has 0 atom stereocenters. The minimum Gasteiger partial charge on any atom is -0.505 e. The van der Waals surface area contributed by atoms with Crippen molar-refractivity contribution in [3.63, 3.8) is 0 Å². The van der Waals surface area contributed by atoms with Crippen LogP contribution in [-0.2, 0) is 0 Å². The molecule has 3 aromatic rings. The number of ether oxygens (including phenoxy) is 1. The predicted octanol–water partition coefficient (Wildman–Crippen LogP) is 3.48. The Kier molecular flexibility index (Phi) is 3.52. The van der Waals surface area contributed by atoms with Crippen LogP contribution in [-0.4, -0.2) is 26.2 Å². The topological polar surface area (TPSA) is 92.5 Å². The van der Waals surface area contributed by atoms with Crippen molar-refractivity contribution in [2.75, 3.05) is 0 Å². The van der Waals surface area contributed by atoms with E-state index in [1.807, 2.05) is 0 Å². The molecule has 2 N–H and O–H groups in total. The summed E-state index contributed by atoms with van der Waals surface area (Å²) in [6.07, 6.45) is 3.15. The number of fused-ring (bicyclic) bond motifs is 1. The molecule has 0 aliphatic heterocycles. The number of halogens is 1. The third-order valence-electron chi connectivity index (χ3n) is 2.98. The molecular formula is C15H9ClN2O4. The van der Waals surface area contributed by atoms with Crippen molar-refractivity contribution in [2.24, 2.45) is 0 Å². The first-order chi connectivity index (χ1) is 10.6. The van der Waals surface area contributed by atoms with Gasteiger partial charge in [0.1, 0.15) is 16.7 Å². The van der Waals surface area contributed by atoms with Gasteiger partial charge in [0.25, 0.3) is 0 Å². The molecule has 0 radical (unpaired) electrons. The summed E-state index contributed by atoms with van der Waals surface area (Å²) >= 11 is 5.95. The number of hydrogen-bond donors (Lipinski definition) is 2. The Bertz CT molecular complexity index is 868. The van der Waals surface area contributed by atoms with E-state index in [-0.39, 0.29) is 10.5 Å². The number of aromatic carboxylic acids is 1. The fraction of sp³-hybridized carbons (Fsp3) is 0. The lowest BCUT2D eigenvalue weighted by Crippen LogP contribution is -2.01. The Morgan fingerprint density at radius 2 is 2.00 bits per heavy atom. The first kappa shape index (κ1) is 14.1. The van der Waals surface area contributed by atoms with Crippen LogP contribution in [0.1, 0.15) is 10.5 Å². The smallest absolute Gasteiger partial charge is 0.358 e. The number of rotatable bonds is 3. The van der Waals surface area contributed by atoms with Gasteiger partial charge in [-0.15, -0.1) is 0 Å². The van der Waals surface area contributed by atoms with E-state index in [0.29, 0.717) is 16.9 Å². The summed E-state index contributed by atoms with van der Waals surface area (Å²) in [6.45, 7) is 0. The van der Waals surface area contributed by atoms with Crippen LogP contribution >= 0.6 is 11.6 Å². The average Bonchev–Trinajstić information content (AvgIpc) is 2.51. The molecule has 0 bridgehead atoms. The molecule has 110 valence electrons. The van der Waals surface area contributed by atoms with Crippen molar-refractivity contribution < 1.29 is 19.7 Å². The summed E-state index contributed by atoms with van der Waals surface area (Å²) in [5.41, 5.74) is -0.504. The van der Waals surface area contributed by atoms with Gasteiger partial charge in [0, 0.05) is 17.0 Å². The van der Waals surface area contributed by atoms with E-state index in [0.717, 1.165) is 0 Å². The number of carboxylic acids is 1. The fourth-order valence-corrected chi connectivity index (χ4v) is 2.24. The number of carboxylic acid groups (broad SMARTS) is 1. The molecule has 22 heavy (non-hydrogen) atoms. The first-order valence-corrected chi connectivity index (χ1v) is 6.57. The maximum atomic E-state index is 11.1. The number of pyridine rings is 2. The van der Waals surface area contributed by atoms with Crippen LogP contribution in [0.25, 0.3) is 10.8 Å². The van der Waals surface area contributed by atoms with E-state index in [9.17, 15) is 9.90 Å². The quantitative estimate of drug-likeness (QED) is 0.719. The number of benzene rings is 1. The SMILES string of the molecule is O=C(O)c1nc(Cl)c2ccc(Oc3cccnc3)cc2c1O. The number of nitrogens with zero attached hydrogens (tertiary/aromatic N) is 2. The van der Waals surface area contributed by atoms with E-state index in [4.69, 9.17) is 21.4 Å². The van der Waals surface area contributed by atoms with Crippen LogP contribution < -0.4 is 4.74 Å². The molecule has 2 aromatic heterocycles. The molecule has 0 fully saturated rings. The zero-order valence-electron chi connectivity index (χ0n) is 11.0. The standard InChI is InChI=1S/C15H9ClN2O4/c16-14-10-4-3-8(22-9-2-1-5-17-7-9)6-11(10)13(19)12(18-14)15(20)21/h1-7,19H,(H,20,21). The molecule has 0 saturated heterocycles. The largest absolute Gasteiger partial charge is 0.505 e. The number of aromatic nitrogens is 2. The van der Waals surface area contributed by atoms with Crippen molar-refractivity contribution >= 4 is 28.3 Å². The van der Waals surface area contributed by atoms with E-state index < -0.39 is 17.4 Å². The van der Waals surface area contributed by atoms with Gasteiger partial charge in [0.05, 0.1) is 6.20 Å². The molecule has 0 aliphatic carbocycles. The molecule has 2 heterocycles. The van der Waals surface area contributed by atoms with E-state index in [2.05, 4.69) is 9.97 Å². The minimum absolute atomic E-state index is 0.00173. The summed E-state index contributed by atoms with van der Waals surface area (Å²) in [4.78, 5) is 18.7. The zero-order valence-corrected chi connectivity index (χ0v) is 11.8. The van der Waals surface area contributed by atoms with Crippen molar-refractivity contribution in [2.45, 2.75) is 0 Å². The lowest BCUT2D eigenvalue weighted by atomic mass is 10.1. The molecule has 0 saturated carbocycles. The molecule has 1 aromatic carbocycles. The second kappa shape index (κ2) is 5.50. The maximum absolute atomic E-state index is 11.1. The Morgan fingerprint density at radius 1 is 1.18 bits per heavy atom. The van der Waals surface area contributed by atoms with Gasteiger partial charge in [0.15, 0.2) is 11.4 Å². The van der Waals surface area contributed by atoms with Gasteiger partial charge < -0.3 is 14.9 Å². The van der Waals surface area contributed by atoms with E-state index in [1.54, 1.807) is 30.5 Å². The molecule has 6 nitrogen and oxygen atoms in total. The lowest BCUT2D eigenvalue weighted by Gasteiger charge is -2.09. The Balaban J connectivity index is 2.12. The van der Waals surface area contributed by atoms with Crippen LogP contribution in [0.3, 0.4) is 0 Å². The Hall–Kier alpha value is -2.86. The second-order valence-electron chi connectivity index (χ2n) is 4.40. The molecule has 0 spiro atoms. The monoisotopic (exact) mass is 316 g/mol. The number of carbonyl (C=O) groups is 1. The van der Waals surface area contributed by atoms with Gasteiger partial charge in [-0.2, -0.15) is 0 Å². The summed E-state index contributed by atoms with van der Waals surface area (Å²) < 4.78 is 5.60. The highest BCUT2D eigenvalue weighted by atomic mass is 35.5. The van der Waals surface area contributed by atoms with Gasteiger partial charge >= 0.3 is 5.97 Å². The third kappa shape index (κ3) is 2.51. The summed E-state index contributed by atoms with van der Waals surface area (Å²) in [5.74, 6) is -0.891.